The lowest BCUT2D eigenvalue weighted by Crippen LogP contribution is -2.07. The first-order chi connectivity index (χ1) is 6.50. The fourth-order valence-corrected chi connectivity index (χ4v) is 2.79. The third-order valence-electron chi connectivity index (χ3n) is 1.71. The van der Waals surface area contributed by atoms with E-state index < -0.39 is 11.7 Å². The summed E-state index contributed by atoms with van der Waals surface area (Å²) >= 11 is 2.46. The highest BCUT2D eigenvalue weighted by atomic mass is 32.2. The van der Waals surface area contributed by atoms with E-state index in [1.54, 1.807) is 18.6 Å². The molecule has 0 heterocycles. The zero-order valence-electron chi connectivity index (χ0n) is 7.68. The third-order valence-corrected chi connectivity index (χ3v) is 3.47. The smallest absolute Gasteiger partial charge is 0.166 e. The van der Waals surface area contributed by atoms with Gasteiger partial charge in [-0.2, -0.15) is 13.2 Å². The van der Waals surface area contributed by atoms with E-state index in [1.165, 1.54) is 17.8 Å². The molecule has 1 aromatic carbocycles. The number of rotatable bonds is 2. The average molecular weight is 238 g/mol. The predicted molar refractivity (Wildman–Crippen MR) is 55.0 cm³/mol. The van der Waals surface area contributed by atoms with Gasteiger partial charge in [-0.3, -0.25) is 0 Å². The van der Waals surface area contributed by atoms with Gasteiger partial charge in [0.1, 0.15) is 0 Å². The zero-order chi connectivity index (χ0) is 10.8. The summed E-state index contributed by atoms with van der Waals surface area (Å²) in [5, 5.41) is 0. The average Bonchev–Trinajstić information content (AvgIpc) is 2.15. The van der Waals surface area contributed by atoms with Crippen LogP contribution in [0.3, 0.4) is 0 Å². The molecule has 1 rings (SSSR count). The summed E-state index contributed by atoms with van der Waals surface area (Å²) in [5.41, 5.74) is -0.545. The second kappa shape index (κ2) is 4.49. The summed E-state index contributed by atoms with van der Waals surface area (Å²) in [5.74, 6) is 0. The maximum atomic E-state index is 12.5. The Morgan fingerprint density at radius 2 is 1.71 bits per heavy atom. The lowest BCUT2D eigenvalue weighted by molar-refractivity contribution is -0.140. The standard InChI is InChI=1S/C9H9F3S2/c1-13-7-5-3-4-6(8(7)14-2)9(10,11)12/h3-5H,1-2H3. The SMILES string of the molecule is CSc1cccc(C(F)(F)F)c1SC. The van der Waals surface area contributed by atoms with Crippen molar-refractivity contribution < 1.29 is 13.2 Å². The second-order valence-corrected chi connectivity index (χ2v) is 4.20. The molecular weight excluding hydrogens is 229 g/mol. The van der Waals surface area contributed by atoms with E-state index in [9.17, 15) is 13.2 Å². The van der Waals surface area contributed by atoms with Crippen LogP contribution < -0.4 is 0 Å². The molecule has 0 fully saturated rings. The van der Waals surface area contributed by atoms with Crippen LogP contribution in [0, 0.1) is 0 Å². The summed E-state index contributed by atoms with van der Waals surface area (Å²) in [6, 6.07) is 4.26. The monoisotopic (exact) mass is 238 g/mol. The lowest BCUT2D eigenvalue weighted by atomic mass is 10.2. The van der Waals surface area contributed by atoms with Crippen LogP contribution in [0.5, 0.6) is 0 Å². The van der Waals surface area contributed by atoms with Crippen LogP contribution in [0.2, 0.25) is 0 Å². The van der Waals surface area contributed by atoms with Gasteiger partial charge >= 0.3 is 6.18 Å². The van der Waals surface area contributed by atoms with E-state index in [4.69, 9.17) is 0 Å². The topological polar surface area (TPSA) is 0 Å². The summed E-state index contributed by atoms with van der Waals surface area (Å²) in [6.45, 7) is 0. The van der Waals surface area contributed by atoms with Gasteiger partial charge in [-0.25, -0.2) is 0 Å². The van der Waals surface area contributed by atoms with Crippen LogP contribution >= 0.6 is 23.5 Å². The first kappa shape index (κ1) is 11.8. The van der Waals surface area contributed by atoms with Crippen molar-refractivity contribution in [3.8, 4) is 0 Å². The van der Waals surface area contributed by atoms with E-state index >= 15 is 0 Å². The largest absolute Gasteiger partial charge is 0.417 e. The molecule has 0 aliphatic rings. The molecule has 0 nitrogen and oxygen atoms in total. The summed E-state index contributed by atoms with van der Waals surface area (Å²) in [6.07, 6.45) is -0.830. The Morgan fingerprint density at radius 3 is 2.14 bits per heavy atom. The van der Waals surface area contributed by atoms with Crippen LogP contribution in [0.1, 0.15) is 5.56 Å². The molecule has 0 amide bonds. The molecule has 0 saturated heterocycles. The number of hydrogen-bond donors (Lipinski definition) is 0. The van der Waals surface area contributed by atoms with E-state index in [1.807, 2.05) is 0 Å². The molecular formula is C9H9F3S2. The van der Waals surface area contributed by atoms with Crippen LogP contribution in [-0.2, 0) is 6.18 Å². The van der Waals surface area contributed by atoms with Crippen molar-refractivity contribution in [2.45, 2.75) is 16.0 Å². The molecule has 0 aliphatic carbocycles. The van der Waals surface area contributed by atoms with Crippen LogP contribution in [0.25, 0.3) is 0 Å². The molecule has 0 aromatic heterocycles. The summed E-state index contributed by atoms with van der Waals surface area (Å²) in [4.78, 5) is 0.986. The first-order valence-electron chi connectivity index (χ1n) is 3.79. The van der Waals surface area contributed by atoms with Crippen molar-refractivity contribution in [1.29, 1.82) is 0 Å². The lowest BCUT2D eigenvalue weighted by Gasteiger charge is -2.13. The highest BCUT2D eigenvalue weighted by molar-refractivity contribution is 8.01. The van der Waals surface area contributed by atoms with Gasteiger partial charge in [0.15, 0.2) is 0 Å². The van der Waals surface area contributed by atoms with Crippen molar-refractivity contribution in [2.75, 3.05) is 12.5 Å². The highest BCUT2D eigenvalue weighted by Crippen LogP contribution is 2.40. The molecule has 14 heavy (non-hydrogen) atoms. The van der Waals surface area contributed by atoms with Gasteiger partial charge in [-0.05, 0) is 24.6 Å². The van der Waals surface area contributed by atoms with Crippen molar-refractivity contribution >= 4 is 23.5 Å². The molecule has 0 N–H and O–H groups in total. The van der Waals surface area contributed by atoms with Gasteiger partial charge in [-0.15, -0.1) is 23.5 Å². The van der Waals surface area contributed by atoms with Crippen LogP contribution in [0.4, 0.5) is 13.2 Å². The molecule has 0 saturated carbocycles. The number of alkyl halides is 3. The minimum Gasteiger partial charge on any atom is -0.166 e. The molecule has 0 spiro atoms. The summed E-state index contributed by atoms with van der Waals surface area (Å²) < 4.78 is 37.6. The second-order valence-electron chi connectivity index (χ2n) is 2.54. The van der Waals surface area contributed by atoms with E-state index in [0.29, 0.717) is 9.79 Å². The van der Waals surface area contributed by atoms with Crippen molar-refractivity contribution in [1.82, 2.24) is 0 Å². The van der Waals surface area contributed by atoms with Crippen LogP contribution in [-0.4, -0.2) is 12.5 Å². The maximum absolute atomic E-state index is 12.5. The number of thioether (sulfide) groups is 2. The fraction of sp³-hybridized carbons (Fsp3) is 0.333. The molecule has 78 valence electrons. The maximum Gasteiger partial charge on any atom is 0.417 e. The quantitative estimate of drug-likeness (QED) is 0.710. The van der Waals surface area contributed by atoms with Gasteiger partial charge in [0, 0.05) is 9.79 Å². The van der Waals surface area contributed by atoms with Crippen molar-refractivity contribution in [2.24, 2.45) is 0 Å². The van der Waals surface area contributed by atoms with E-state index in [-0.39, 0.29) is 0 Å². The number of hydrogen-bond acceptors (Lipinski definition) is 2. The third kappa shape index (κ3) is 2.39. The van der Waals surface area contributed by atoms with Crippen molar-refractivity contribution in [3.05, 3.63) is 23.8 Å². The van der Waals surface area contributed by atoms with Gasteiger partial charge in [0.25, 0.3) is 0 Å². The molecule has 5 heteroatoms. The molecule has 0 bridgehead atoms. The Labute approximate surface area is 89.3 Å². The molecule has 0 aliphatic heterocycles. The Kier molecular flexibility index (Phi) is 3.78. The number of halogens is 3. The molecule has 0 radical (unpaired) electrons. The summed E-state index contributed by atoms with van der Waals surface area (Å²) in [7, 11) is 0. The minimum absolute atomic E-state index is 0.313. The van der Waals surface area contributed by atoms with Crippen LogP contribution in [0.15, 0.2) is 28.0 Å². The first-order valence-corrected chi connectivity index (χ1v) is 6.24. The Hall–Kier alpha value is -0.290. The Balaban J connectivity index is 3.29. The van der Waals surface area contributed by atoms with Gasteiger partial charge in [0.2, 0.25) is 0 Å². The number of benzene rings is 1. The normalized spacial score (nSPS) is 11.8. The zero-order valence-corrected chi connectivity index (χ0v) is 9.32. The Morgan fingerprint density at radius 1 is 1.07 bits per heavy atom. The Bertz CT molecular complexity index is 320. The molecule has 1 aromatic rings. The molecule has 0 unspecified atom stereocenters. The van der Waals surface area contributed by atoms with Crippen molar-refractivity contribution in [3.63, 3.8) is 0 Å². The highest BCUT2D eigenvalue weighted by Gasteiger charge is 2.33. The van der Waals surface area contributed by atoms with Gasteiger partial charge in [0.05, 0.1) is 5.56 Å². The van der Waals surface area contributed by atoms with E-state index in [2.05, 4.69) is 0 Å². The predicted octanol–water partition coefficient (Wildman–Crippen LogP) is 4.15. The fourth-order valence-electron chi connectivity index (χ4n) is 1.11. The van der Waals surface area contributed by atoms with Gasteiger partial charge < -0.3 is 0 Å². The molecule has 0 atom stereocenters. The minimum atomic E-state index is -4.26. The van der Waals surface area contributed by atoms with Gasteiger partial charge in [-0.1, -0.05) is 6.07 Å². The van der Waals surface area contributed by atoms with E-state index in [0.717, 1.165) is 17.8 Å².